The molecule has 3 rings (SSSR count). The summed E-state index contributed by atoms with van der Waals surface area (Å²) in [4.78, 5) is 4.51. The third kappa shape index (κ3) is 3.65. The Kier molecular flexibility index (Phi) is 4.70. The monoisotopic (exact) mass is 388 g/mol. The average Bonchev–Trinajstić information content (AvgIpc) is 3.19. The fourth-order valence-electron chi connectivity index (χ4n) is 2.78. The van der Waals surface area contributed by atoms with Gasteiger partial charge in [-0.15, -0.1) is 20.0 Å². The zero-order valence-corrected chi connectivity index (χ0v) is 18.4. The van der Waals surface area contributed by atoms with Crippen LogP contribution < -0.4 is 0 Å². The Labute approximate surface area is 163 Å². The lowest BCUT2D eigenvalue weighted by molar-refractivity contribution is 0.554. The van der Waals surface area contributed by atoms with E-state index in [2.05, 4.69) is 80.1 Å². The molecule has 0 aromatic carbocycles. The Balaban J connectivity index is 2.12. The Morgan fingerprint density at radius 3 is 2.15 bits per heavy atom. The summed E-state index contributed by atoms with van der Waals surface area (Å²) in [6.07, 6.45) is 0. The van der Waals surface area contributed by atoms with Crippen LogP contribution in [0.4, 0.5) is 10.8 Å². The van der Waals surface area contributed by atoms with E-state index < -0.39 is 0 Å². The van der Waals surface area contributed by atoms with Gasteiger partial charge in [-0.05, 0) is 0 Å². The third-order valence-corrected chi connectivity index (χ3v) is 4.83. The van der Waals surface area contributed by atoms with E-state index in [4.69, 9.17) is 5.10 Å². The number of nitrogens with zero attached hydrogens (tertiary/aromatic N) is 8. The van der Waals surface area contributed by atoms with Crippen molar-refractivity contribution in [1.82, 2.24) is 28.8 Å². The maximum atomic E-state index is 4.70. The maximum Gasteiger partial charge on any atom is 0.249 e. The van der Waals surface area contributed by atoms with Crippen LogP contribution in [0.15, 0.2) is 10.2 Å². The molecule has 8 nitrogen and oxygen atoms in total. The molecule has 0 aliphatic rings. The molecule has 3 aromatic heterocycles. The van der Waals surface area contributed by atoms with Gasteiger partial charge in [0.15, 0.2) is 11.3 Å². The summed E-state index contributed by atoms with van der Waals surface area (Å²) in [5.41, 5.74) is 2.14. The van der Waals surface area contributed by atoms with Crippen molar-refractivity contribution >= 4 is 28.0 Å². The predicted octanol–water partition coefficient (Wildman–Crippen LogP) is 5.05. The highest BCUT2D eigenvalue weighted by Gasteiger charge is 2.28. The summed E-state index contributed by atoms with van der Waals surface area (Å²) >= 11 is 1.26. The summed E-state index contributed by atoms with van der Waals surface area (Å²) in [6, 6.07) is 0. The molecule has 0 radical (unpaired) electrons. The van der Waals surface area contributed by atoms with Gasteiger partial charge in [0.05, 0.1) is 5.69 Å². The average molecular weight is 389 g/mol. The minimum atomic E-state index is -0.183. The summed E-state index contributed by atoms with van der Waals surface area (Å²) in [5, 5.41) is 18.8. The van der Waals surface area contributed by atoms with Crippen LogP contribution in [0.3, 0.4) is 0 Å². The van der Waals surface area contributed by atoms with E-state index in [1.807, 2.05) is 11.6 Å². The van der Waals surface area contributed by atoms with Crippen molar-refractivity contribution in [2.24, 2.45) is 17.3 Å². The number of aryl methyl sites for hydroxylation is 1. The molecule has 0 N–H and O–H groups in total. The lowest BCUT2D eigenvalue weighted by Crippen LogP contribution is -2.13. The quantitative estimate of drug-likeness (QED) is 0.587. The first kappa shape index (κ1) is 19.6. The summed E-state index contributed by atoms with van der Waals surface area (Å²) < 4.78 is 8.12. The van der Waals surface area contributed by atoms with Crippen LogP contribution in [0.25, 0.3) is 5.65 Å². The van der Waals surface area contributed by atoms with Crippen LogP contribution in [0.2, 0.25) is 0 Å². The molecule has 3 heterocycles. The van der Waals surface area contributed by atoms with E-state index in [1.165, 1.54) is 11.5 Å². The molecule has 0 amide bonds. The van der Waals surface area contributed by atoms with Crippen LogP contribution in [-0.2, 0) is 17.9 Å². The zero-order valence-electron chi connectivity index (χ0n) is 17.6. The molecule has 0 unspecified atom stereocenters. The lowest BCUT2D eigenvalue weighted by Gasteiger charge is -2.15. The first-order chi connectivity index (χ1) is 12.4. The normalized spacial score (nSPS) is 13.6. The van der Waals surface area contributed by atoms with Gasteiger partial charge in [-0.25, -0.2) is 0 Å². The smallest absolute Gasteiger partial charge is 0.249 e. The van der Waals surface area contributed by atoms with Crippen molar-refractivity contribution in [2.45, 2.75) is 72.1 Å². The predicted molar refractivity (Wildman–Crippen MR) is 108 cm³/mol. The highest BCUT2D eigenvalue weighted by Crippen LogP contribution is 2.36. The Hall–Kier alpha value is -2.16. The van der Waals surface area contributed by atoms with Crippen molar-refractivity contribution in [3.05, 3.63) is 17.3 Å². The molecular formula is C18H28N8S. The molecule has 0 saturated carbocycles. The van der Waals surface area contributed by atoms with Crippen LogP contribution in [0.1, 0.15) is 78.7 Å². The van der Waals surface area contributed by atoms with Gasteiger partial charge < -0.3 is 4.57 Å². The van der Waals surface area contributed by atoms with Gasteiger partial charge in [-0.2, -0.15) is 14.5 Å². The lowest BCUT2D eigenvalue weighted by atomic mass is 9.91. The minimum Gasteiger partial charge on any atom is -0.312 e. The van der Waals surface area contributed by atoms with Gasteiger partial charge in [0.1, 0.15) is 11.6 Å². The minimum absolute atomic E-state index is 0.111. The van der Waals surface area contributed by atoms with Crippen molar-refractivity contribution in [3.63, 3.8) is 0 Å². The van der Waals surface area contributed by atoms with Crippen LogP contribution >= 0.6 is 11.5 Å². The van der Waals surface area contributed by atoms with E-state index in [0.717, 1.165) is 28.7 Å². The van der Waals surface area contributed by atoms with Crippen molar-refractivity contribution in [2.75, 3.05) is 0 Å². The van der Waals surface area contributed by atoms with Gasteiger partial charge in [-0.3, -0.25) is 0 Å². The third-order valence-electron chi connectivity index (χ3n) is 4.23. The first-order valence-electron chi connectivity index (χ1n) is 9.11. The van der Waals surface area contributed by atoms with Crippen LogP contribution in [-0.4, -0.2) is 28.8 Å². The van der Waals surface area contributed by atoms with E-state index >= 15 is 0 Å². The molecule has 0 saturated heterocycles. The largest absolute Gasteiger partial charge is 0.312 e. The number of rotatable bonds is 3. The van der Waals surface area contributed by atoms with E-state index in [9.17, 15) is 0 Å². The Morgan fingerprint density at radius 1 is 0.963 bits per heavy atom. The van der Waals surface area contributed by atoms with E-state index in [-0.39, 0.29) is 16.7 Å². The molecule has 0 fully saturated rings. The first-order valence-corrected chi connectivity index (χ1v) is 9.89. The van der Waals surface area contributed by atoms with Crippen LogP contribution in [0.5, 0.6) is 0 Å². The van der Waals surface area contributed by atoms with Crippen LogP contribution in [0, 0.1) is 0 Å². The van der Waals surface area contributed by atoms with E-state index in [1.54, 1.807) is 4.63 Å². The maximum absolute atomic E-state index is 4.70. The van der Waals surface area contributed by atoms with Crippen molar-refractivity contribution in [1.29, 1.82) is 0 Å². The van der Waals surface area contributed by atoms with Gasteiger partial charge >= 0.3 is 0 Å². The number of fused-ring (bicyclic) bond motifs is 1. The molecule has 9 heteroatoms. The molecule has 0 aliphatic carbocycles. The zero-order chi connectivity index (χ0) is 20.1. The second-order valence-corrected chi connectivity index (χ2v) is 9.91. The number of hydrogen-bond donors (Lipinski definition) is 0. The van der Waals surface area contributed by atoms with Gasteiger partial charge in [0.25, 0.3) is 0 Å². The highest BCUT2D eigenvalue weighted by molar-refractivity contribution is 7.09. The Bertz CT molecular complexity index is 991. The molecule has 146 valence electrons. The molecule has 0 spiro atoms. The van der Waals surface area contributed by atoms with Gasteiger partial charge in [0.2, 0.25) is 5.13 Å². The highest BCUT2D eigenvalue weighted by atomic mass is 32.1. The van der Waals surface area contributed by atoms with Gasteiger partial charge in [0, 0.05) is 35.3 Å². The number of azo groups is 1. The Morgan fingerprint density at radius 2 is 1.63 bits per heavy atom. The molecule has 27 heavy (non-hydrogen) atoms. The van der Waals surface area contributed by atoms with Crippen molar-refractivity contribution in [3.8, 4) is 0 Å². The molecule has 0 atom stereocenters. The summed E-state index contributed by atoms with van der Waals surface area (Å²) in [6.45, 7) is 16.8. The topological polar surface area (TPSA) is 85.6 Å². The molecular weight excluding hydrogens is 360 g/mol. The molecule has 0 aliphatic heterocycles. The van der Waals surface area contributed by atoms with Crippen molar-refractivity contribution < 1.29 is 0 Å². The molecule has 3 aromatic rings. The van der Waals surface area contributed by atoms with E-state index in [0.29, 0.717) is 5.13 Å². The summed E-state index contributed by atoms with van der Waals surface area (Å²) in [5.74, 6) is 2.03. The second kappa shape index (κ2) is 6.47. The fraction of sp³-hybridized carbons (Fsp3) is 0.667. The number of hydrogen-bond acceptors (Lipinski definition) is 7. The fourth-order valence-corrected chi connectivity index (χ4v) is 3.47. The van der Waals surface area contributed by atoms with Gasteiger partial charge in [-0.1, -0.05) is 55.4 Å². The number of aromatic nitrogens is 6. The standard InChI is InChI=1S/C18H28N8S/c1-10(2)13-23-26-14(25(13)9)11(12(22-26)17(3,4)5)20-21-16-19-15(24-27-16)18(6,7)8/h10H,1-9H3. The second-order valence-electron chi connectivity index (χ2n) is 9.18. The SMILES string of the molecule is CC(C)c1nn2nc(C(C)(C)C)c(N=Nc3nc(C(C)(C)C)ns3)c2n1C. The molecule has 0 bridgehead atoms. The summed E-state index contributed by atoms with van der Waals surface area (Å²) in [7, 11) is 1.99.